The molecule has 59 heavy (non-hydrogen) atoms. The van der Waals surface area contributed by atoms with Gasteiger partial charge in [0.15, 0.2) is 0 Å². The summed E-state index contributed by atoms with van der Waals surface area (Å²) in [4.78, 5) is 2.41. The number of para-hydroxylation sites is 2. The Labute approximate surface area is 348 Å². The summed E-state index contributed by atoms with van der Waals surface area (Å²) in [5.41, 5.74) is 15.8. The van der Waals surface area contributed by atoms with E-state index in [0.717, 1.165) is 17.8 Å². The first-order chi connectivity index (χ1) is 29.2. The second-order valence-electron chi connectivity index (χ2n) is 15.4. The Kier molecular flexibility index (Phi) is 8.68. The average Bonchev–Trinajstić information content (AvgIpc) is 3.78. The van der Waals surface area contributed by atoms with Crippen molar-refractivity contribution in [1.29, 1.82) is 0 Å². The Morgan fingerprint density at radius 2 is 0.966 bits per heavy atom. The average molecular weight is 773 g/mol. The maximum absolute atomic E-state index is 2.45. The summed E-state index contributed by atoms with van der Waals surface area (Å²) in [6.07, 6.45) is 7.63. The van der Waals surface area contributed by atoms with E-state index in [-0.39, 0.29) is 0 Å². The van der Waals surface area contributed by atoms with Crippen molar-refractivity contribution >= 4 is 81.6 Å². The predicted molar refractivity (Wildman–Crippen MR) is 255 cm³/mol. The van der Waals surface area contributed by atoms with Crippen molar-refractivity contribution in [2.24, 2.45) is 0 Å². The van der Waals surface area contributed by atoms with Gasteiger partial charge >= 0.3 is 0 Å². The first-order valence-electron chi connectivity index (χ1n) is 20.3. The van der Waals surface area contributed by atoms with E-state index < -0.39 is 0 Å². The number of hydrogen-bond acceptors (Lipinski definition) is 2. The van der Waals surface area contributed by atoms with Gasteiger partial charge in [0, 0.05) is 37.6 Å². The second kappa shape index (κ2) is 14.6. The number of benzene rings is 8. The molecule has 2 heterocycles. The number of hydrogen-bond donors (Lipinski definition) is 0. The largest absolute Gasteiger partial charge is 0.309 e. The Hall–Kier alpha value is -7.20. The molecule has 10 aromatic rings. The zero-order valence-corrected chi connectivity index (χ0v) is 33.5. The Morgan fingerprint density at radius 1 is 0.458 bits per heavy atom. The van der Waals surface area contributed by atoms with Crippen LogP contribution in [0, 0.1) is 0 Å². The van der Waals surface area contributed by atoms with Crippen molar-refractivity contribution in [2.75, 3.05) is 4.90 Å². The van der Waals surface area contributed by atoms with E-state index in [0.29, 0.717) is 0 Å². The molecule has 280 valence electrons. The van der Waals surface area contributed by atoms with Crippen LogP contribution in [0.2, 0.25) is 0 Å². The minimum Gasteiger partial charge on any atom is -0.309 e. The molecule has 0 aliphatic heterocycles. The minimum atomic E-state index is 0.881. The van der Waals surface area contributed by atoms with Gasteiger partial charge in [-0.2, -0.15) is 0 Å². The van der Waals surface area contributed by atoms with E-state index in [1.165, 1.54) is 92.3 Å². The van der Waals surface area contributed by atoms with Crippen LogP contribution in [0.25, 0.3) is 75.5 Å². The highest BCUT2D eigenvalue weighted by atomic mass is 32.1. The Balaban J connectivity index is 0.980. The third-order valence-electron chi connectivity index (χ3n) is 11.8. The summed E-state index contributed by atoms with van der Waals surface area (Å²) >= 11 is 1.87. The fourth-order valence-electron chi connectivity index (χ4n) is 8.91. The first-order valence-corrected chi connectivity index (χ1v) is 21.1. The van der Waals surface area contributed by atoms with E-state index in [9.17, 15) is 0 Å². The molecule has 0 saturated heterocycles. The number of anilines is 3. The zero-order valence-electron chi connectivity index (χ0n) is 32.7. The summed E-state index contributed by atoms with van der Waals surface area (Å²) in [5, 5.41) is 5.15. The van der Waals surface area contributed by atoms with Gasteiger partial charge < -0.3 is 9.47 Å². The quantitative estimate of drug-likeness (QED) is 0.157. The van der Waals surface area contributed by atoms with Gasteiger partial charge in [0.1, 0.15) is 0 Å². The fraction of sp³-hybridized carbons (Fsp3) is 0.0357. The molecule has 2 aromatic heterocycles. The van der Waals surface area contributed by atoms with E-state index in [1.807, 2.05) is 11.3 Å². The number of fused-ring (bicyclic) bond motifs is 6. The molecule has 0 fully saturated rings. The van der Waals surface area contributed by atoms with Crippen molar-refractivity contribution < 1.29 is 0 Å². The zero-order chi connectivity index (χ0) is 39.3. The lowest BCUT2D eigenvalue weighted by molar-refractivity contribution is 1.19. The first kappa shape index (κ1) is 35.0. The van der Waals surface area contributed by atoms with Crippen LogP contribution in [0.15, 0.2) is 218 Å². The SMILES string of the molecule is CC1=CC=CC(n2c3ccccc3c3ccccc32)=C(c2ccc(-c3ccc(N(c4ccc(-c5ccccc5)cc4)c4cccc5c4sc4ccccc45)cc3)cc2)C1. The smallest absolute Gasteiger partial charge is 0.0640 e. The molecule has 3 heteroatoms. The molecule has 0 radical (unpaired) electrons. The number of nitrogens with zero attached hydrogens (tertiary/aromatic N) is 2. The standard InChI is InChI=1S/C56H40N2S/c1-38-13-11-22-53(58-51-20-8-5-16-46(51)47-17-6-9-21-52(47)58)50(37-38)43-27-25-40(26-28-43)42-31-35-45(36-32-42)57(44-33-29-41(30-34-44)39-14-3-2-4-15-39)54-23-12-19-49-48-18-7-10-24-55(48)59-56(49)54/h2-36H,37H2,1H3. The molecule has 11 rings (SSSR count). The minimum absolute atomic E-state index is 0.881. The van der Waals surface area contributed by atoms with E-state index in [2.05, 4.69) is 229 Å². The summed E-state index contributed by atoms with van der Waals surface area (Å²) in [6, 6.07) is 70.8. The van der Waals surface area contributed by atoms with Crippen molar-refractivity contribution in [3.05, 3.63) is 223 Å². The Bertz CT molecular complexity index is 3210. The van der Waals surface area contributed by atoms with E-state index in [1.54, 1.807) is 0 Å². The highest BCUT2D eigenvalue weighted by Crippen LogP contribution is 2.45. The molecule has 1 aliphatic carbocycles. The van der Waals surface area contributed by atoms with Gasteiger partial charge in [-0.25, -0.2) is 0 Å². The summed E-state index contributed by atoms with van der Waals surface area (Å²) in [5.74, 6) is 0. The number of allylic oxidation sites excluding steroid dienone is 6. The molecule has 0 amide bonds. The molecule has 0 spiro atoms. The second-order valence-corrected chi connectivity index (χ2v) is 16.5. The van der Waals surface area contributed by atoms with E-state index >= 15 is 0 Å². The molecule has 0 bridgehead atoms. The van der Waals surface area contributed by atoms with Crippen LogP contribution >= 0.6 is 11.3 Å². The normalized spacial score (nSPS) is 13.1. The van der Waals surface area contributed by atoms with Crippen molar-refractivity contribution in [3.63, 3.8) is 0 Å². The van der Waals surface area contributed by atoms with Gasteiger partial charge in [0.25, 0.3) is 0 Å². The summed E-state index contributed by atoms with van der Waals surface area (Å²) in [6.45, 7) is 2.23. The maximum atomic E-state index is 2.45. The van der Waals surface area contributed by atoms with Crippen LogP contribution in [0.4, 0.5) is 17.1 Å². The van der Waals surface area contributed by atoms with Crippen LogP contribution in [0.5, 0.6) is 0 Å². The van der Waals surface area contributed by atoms with E-state index in [4.69, 9.17) is 0 Å². The molecular formula is C56H40N2S. The molecule has 0 unspecified atom stereocenters. The van der Waals surface area contributed by atoms with Crippen LogP contribution in [-0.2, 0) is 0 Å². The molecule has 8 aromatic carbocycles. The van der Waals surface area contributed by atoms with Crippen LogP contribution in [-0.4, -0.2) is 4.57 Å². The fourth-order valence-corrected chi connectivity index (χ4v) is 10.1. The van der Waals surface area contributed by atoms with Crippen molar-refractivity contribution in [2.45, 2.75) is 13.3 Å². The van der Waals surface area contributed by atoms with Crippen molar-refractivity contribution in [1.82, 2.24) is 4.57 Å². The third kappa shape index (κ3) is 6.19. The number of rotatable bonds is 7. The maximum Gasteiger partial charge on any atom is 0.0640 e. The molecule has 0 N–H and O–H groups in total. The molecule has 0 atom stereocenters. The van der Waals surface area contributed by atoms with Crippen LogP contribution < -0.4 is 4.90 Å². The summed E-state index contributed by atoms with van der Waals surface area (Å²) in [7, 11) is 0. The predicted octanol–water partition coefficient (Wildman–Crippen LogP) is 16.2. The molecule has 0 saturated carbocycles. The van der Waals surface area contributed by atoms with Crippen molar-refractivity contribution in [3.8, 4) is 22.3 Å². The molecular weight excluding hydrogens is 733 g/mol. The Morgan fingerprint density at radius 3 is 1.61 bits per heavy atom. The highest BCUT2D eigenvalue weighted by Gasteiger charge is 2.20. The van der Waals surface area contributed by atoms with Gasteiger partial charge in [0.2, 0.25) is 0 Å². The monoisotopic (exact) mass is 772 g/mol. The third-order valence-corrected chi connectivity index (χ3v) is 13.0. The number of aromatic nitrogens is 1. The lowest BCUT2D eigenvalue weighted by atomic mass is 9.95. The van der Waals surface area contributed by atoms with Crippen LogP contribution in [0.1, 0.15) is 18.9 Å². The van der Waals surface area contributed by atoms with Gasteiger partial charge in [0.05, 0.1) is 27.1 Å². The lowest BCUT2D eigenvalue weighted by Gasteiger charge is -2.26. The molecule has 1 aliphatic rings. The summed E-state index contributed by atoms with van der Waals surface area (Å²) < 4.78 is 5.04. The van der Waals surface area contributed by atoms with Gasteiger partial charge in [-0.3, -0.25) is 0 Å². The van der Waals surface area contributed by atoms with Crippen LogP contribution in [0.3, 0.4) is 0 Å². The lowest BCUT2D eigenvalue weighted by Crippen LogP contribution is -2.10. The number of thiophene rings is 1. The topological polar surface area (TPSA) is 8.17 Å². The highest BCUT2D eigenvalue weighted by molar-refractivity contribution is 7.26. The van der Waals surface area contributed by atoms with Gasteiger partial charge in [-0.15, -0.1) is 11.3 Å². The van der Waals surface area contributed by atoms with Gasteiger partial charge in [-0.1, -0.05) is 163 Å². The van der Waals surface area contributed by atoms with Gasteiger partial charge in [-0.05, 0) is 101 Å². The molecule has 2 nitrogen and oxygen atoms in total.